The summed E-state index contributed by atoms with van der Waals surface area (Å²) in [6.07, 6.45) is 7.82. The Hall–Kier alpha value is -1.60. The molecule has 0 spiro atoms. The Labute approximate surface area is 135 Å². The molecule has 1 nitrogen and oxygen atoms in total. The van der Waals surface area contributed by atoms with E-state index in [2.05, 4.69) is 65.6 Å². The maximum atomic E-state index is 2.73. The van der Waals surface area contributed by atoms with Gasteiger partial charge in [-0.25, -0.2) is 0 Å². The van der Waals surface area contributed by atoms with Crippen LogP contribution in [-0.4, -0.2) is 24.0 Å². The molecule has 0 N–H and O–H groups in total. The molecule has 1 aliphatic carbocycles. The van der Waals surface area contributed by atoms with Gasteiger partial charge in [0.2, 0.25) is 0 Å². The molecule has 1 heteroatoms. The van der Waals surface area contributed by atoms with Crippen molar-refractivity contribution in [3.8, 4) is 0 Å². The number of rotatable bonds is 9. The second-order valence-electron chi connectivity index (χ2n) is 6.45. The van der Waals surface area contributed by atoms with Crippen molar-refractivity contribution in [1.29, 1.82) is 0 Å². The first-order valence-electron chi connectivity index (χ1n) is 8.74. The smallest absolute Gasteiger partial charge is 0.00964 e. The molecular weight excluding hydrogens is 266 g/mol. The predicted octanol–water partition coefficient (Wildman–Crippen LogP) is 4.72. The molecule has 0 heterocycles. The number of nitrogens with zero attached hydrogens (tertiary/aromatic N) is 1. The lowest BCUT2D eigenvalue weighted by molar-refractivity contribution is 0.257. The van der Waals surface area contributed by atoms with Gasteiger partial charge in [0.1, 0.15) is 0 Å². The summed E-state index contributed by atoms with van der Waals surface area (Å²) in [5.41, 5.74) is 2.95. The van der Waals surface area contributed by atoms with Crippen LogP contribution in [0.15, 0.2) is 60.7 Å². The molecule has 3 rings (SSSR count). The zero-order chi connectivity index (χ0) is 15.0. The largest absolute Gasteiger partial charge is 0.300 e. The molecule has 0 saturated heterocycles. The highest BCUT2D eigenvalue weighted by Crippen LogP contribution is 2.27. The van der Waals surface area contributed by atoms with Gasteiger partial charge in [-0.15, -0.1) is 0 Å². The van der Waals surface area contributed by atoms with Crippen LogP contribution in [0.25, 0.3) is 0 Å². The van der Waals surface area contributed by atoms with Crippen LogP contribution < -0.4 is 0 Å². The SMILES string of the molecule is c1ccc(CCCN(CCCc2ccccc2)C2CC2)cc1. The highest BCUT2D eigenvalue weighted by atomic mass is 15.2. The Balaban J connectivity index is 1.39. The summed E-state index contributed by atoms with van der Waals surface area (Å²) >= 11 is 0. The normalized spacial score (nSPS) is 14.4. The molecule has 0 aromatic heterocycles. The topological polar surface area (TPSA) is 3.24 Å². The lowest BCUT2D eigenvalue weighted by atomic mass is 10.1. The molecule has 1 fully saturated rings. The van der Waals surface area contributed by atoms with Crippen LogP contribution in [0.4, 0.5) is 0 Å². The van der Waals surface area contributed by atoms with E-state index in [1.165, 1.54) is 62.7 Å². The standard InChI is InChI=1S/C21H27N/c1-3-9-19(10-4-1)13-7-17-22(21-15-16-21)18-8-14-20-11-5-2-6-12-20/h1-6,9-12,21H,7-8,13-18H2. The van der Waals surface area contributed by atoms with E-state index in [1.54, 1.807) is 0 Å². The quantitative estimate of drug-likeness (QED) is 0.647. The maximum absolute atomic E-state index is 2.73. The van der Waals surface area contributed by atoms with Crippen molar-refractivity contribution in [2.45, 2.75) is 44.6 Å². The van der Waals surface area contributed by atoms with Crippen molar-refractivity contribution in [2.75, 3.05) is 13.1 Å². The van der Waals surface area contributed by atoms with Crippen molar-refractivity contribution in [1.82, 2.24) is 4.90 Å². The van der Waals surface area contributed by atoms with Gasteiger partial charge in [-0.2, -0.15) is 0 Å². The molecule has 1 saturated carbocycles. The molecule has 116 valence electrons. The number of hydrogen-bond donors (Lipinski definition) is 0. The van der Waals surface area contributed by atoms with Crippen molar-refractivity contribution >= 4 is 0 Å². The first-order valence-corrected chi connectivity index (χ1v) is 8.74. The number of aryl methyl sites for hydroxylation is 2. The zero-order valence-corrected chi connectivity index (χ0v) is 13.5. The first-order chi connectivity index (χ1) is 10.9. The van der Waals surface area contributed by atoms with Gasteiger partial charge >= 0.3 is 0 Å². The van der Waals surface area contributed by atoms with E-state index >= 15 is 0 Å². The molecule has 2 aromatic rings. The zero-order valence-electron chi connectivity index (χ0n) is 13.5. The summed E-state index contributed by atoms with van der Waals surface area (Å²) in [7, 11) is 0. The molecule has 0 aliphatic heterocycles. The minimum Gasteiger partial charge on any atom is -0.300 e. The number of hydrogen-bond acceptors (Lipinski definition) is 1. The van der Waals surface area contributed by atoms with E-state index in [4.69, 9.17) is 0 Å². The fourth-order valence-corrected chi connectivity index (χ4v) is 3.18. The predicted molar refractivity (Wildman–Crippen MR) is 94.1 cm³/mol. The minimum absolute atomic E-state index is 0.881. The molecule has 0 unspecified atom stereocenters. The Bertz CT molecular complexity index is 485. The third-order valence-corrected chi connectivity index (χ3v) is 4.57. The van der Waals surface area contributed by atoms with Crippen LogP contribution in [0.5, 0.6) is 0 Å². The third-order valence-electron chi connectivity index (χ3n) is 4.57. The average Bonchev–Trinajstić information content (AvgIpc) is 3.40. The average molecular weight is 293 g/mol. The third kappa shape index (κ3) is 4.99. The minimum atomic E-state index is 0.881. The maximum Gasteiger partial charge on any atom is 0.00964 e. The highest BCUT2D eigenvalue weighted by Gasteiger charge is 2.27. The van der Waals surface area contributed by atoms with Crippen molar-refractivity contribution in [3.63, 3.8) is 0 Å². The summed E-state index contributed by atoms with van der Waals surface area (Å²) in [6.45, 7) is 2.52. The van der Waals surface area contributed by atoms with E-state index in [9.17, 15) is 0 Å². The van der Waals surface area contributed by atoms with Crippen LogP contribution in [0.3, 0.4) is 0 Å². The van der Waals surface area contributed by atoms with Gasteiger partial charge in [-0.3, -0.25) is 0 Å². The van der Waals surface area contributed by atoms with E-state index in [0.29, 0.717) is 0 Å². The second kappa shape index (κ2) is 8.14. The molecular formula is C21H27N. The fraction of sp³-hybridized carbons (Fsp3) is 0.429. The molecule has 0 bridgehead atoms. The van der Waals surface area contributed by atoms with E-state index < -0.39 is 0 Å². The van der Waals surface area contributed by atoms with Gasteiger partial charge in [0, 0.05) is 6.04 Å². The number of benzene rings is 2. The summed E-state index contributed by atoms with van der Waals surface area (Å²) < 4.78 is 0. The lowest BCUT2D eigenvalue weighted by Crippen LogP contribution is -2.29. The van der Waals surface area contributed by atoms with Crippen LogP contribution >= 0.6 is 0 Å². The van der Waals surface area contributed by atoms with E-state index in [0.717, 1.165) is 6.04 Å². The summed E-state index contributed by atoms with van der Waals surface area (Å²) in [4.78, 5) is 2.73. The van der Waals surface area contributed by atoms with Crippen LogP contribution in [0.2, 0.25) is 0 Å². The van der Waals surface area contributed by atoms with Gasteiger partial charge in [0.25, 0.3) is 0 Å². The fourth-order valence-electron chi connectivity index (χ4n) is 3.18. The van der Waals surface area contributed by atoms with Crippen LogP contribution in [0.1, 0.15) is 36.8 Å². The summed E-state index contributed by atoms with van der Waals surface area (Å²) in [6, 6.07) is 22.7. The lowest BCUT2D eigenvalue weighted by Gasteiger charge is -2.22. The van der Waals surface area contributed by atoms with Gasteiger partial charge in [-0.05, 0) is 62.7 Å². The van der Waals surface area contributed by atoms with Crippen molar-refractivity contribution in [3.05, 3.63) is 71.8 Å². The van der Waals surface area contributed by atoms with E-state index in [-0.39, 0.29) is 0 Å². The van der Waals surface area contributed by atoms with E-state index in [1.807, 2.05) is 0 Å². The second-order valence-corrected chi connectivity index (χ2v) is 6.45. The molecule has 0 amide bonds. The summed E-state index contributed by atoms with van der Waals surface area (Å²) in [5.74, 6) is 0. The molecule has 2 aromatic carbocycles. The Kier molecular flexibility index (Phi) is 5.66. The monoisotopic (exact) mass is 293 g/mol. The highest BCUT2D eigenvalue weighted by molar-refractivity contribution is 5.15. The molecule has 22 heavy (non-hydrogen) atoms. The van der Waals surface area contributed by atoms with Gasteiger partial charge in [0.05, 0.1) is 0 Å². The van der Waals surface area contributed by atoms with Gasteiger partial charge < -0.3 is 4.90 Å². The molecule has 0 radical (unpaired) electrons. The van der Waals surface area contributed by atoms with Crippen LogP contribution in [0, 0.1) is 0 Å². The Morgan fingerprint density at radius 1 is 0.682 bits per heavy atom. The summed E-state index contributed by atoms with van der Waals surface area (Å²) in [5, 5.41) is 0. The van der Waals surface area contributed by atoms with Gasteiger partial charge in [-0.1, -0.05) is 60.7 Å². The van der Waals surface area contributed by atoms with Crippen molar-refractivity contribution in [2.24, 2.45) is 0 Å². The first kappa shape index (κ1) is 15.3. The molecule has 0 atom stereocenters. The molecule has 1 aliphatic rings. The Morgan fingerprint density at radius 3 is 1.55 bits per heavy atom. The Morgan fingerprint density at radius 2 is 1.14 bits per heavy atom. The van der Waals surface area contributed by atoms with Crippen LogP contribution in [-0.2, 0) is 12.8 Å². The van der Waals surface area contributed by atoms with Crippen molar-refractivity contribution < 1.29 is 0 Å². The van der Waals surface area contributed by atoms with Gasteiger partial charge in [0.15, 0.2) is 0 Å².